The summed E-state index contributed by atoms with van der Waals surface area (Å²) in [7, 11) is 1.57. The van der Waals surface area contributed by atoms with E-state index in [0.29, 0.717) is 47.6 Å². The molecule has 0 saturated heterocycles. The minimum atomic E-state index is -0.203. The van der Waals surface area contributed by atoms with Crippen LogP contribution >= 0.6 is 0 Å². The van der Waals surface area contributed by atoms with E-state index in [1.165, 1.54) is 6.07 Å². The molecule has 1 amide bonds. The Balaban J connectivity index is 1.60. The first-order valence-corrected chi connectivity index (χ1v) is 9.32. The Bertz CT molecular complexity index is 1120. The first-order chi connectivity index (χ1) is 14.2. The summed E-state index contributed by atoms with van der Waals surface area (Å²) in [4.78, 5) is 19.0. The molecule has 0 unspecified atom stereocenters. The van der Waals surface area contributed by atoms with Crippen LogP contribution in [0.3, 0.4) is 0 Å². The van der Waals surface area contributed by atoms with Crippen molar-refractivity contribution in [2.75, 3.05) is 13.7 Å². The smallest absolute Gasteiger partial charge is 0.254 e. The molecule has 4 nitrogen and oxygen atoms in total. The van der Waals surface area contributed by atoms with E-state index in [9.17, 15) is 9.18 Å². The molecule has 144 valence electrons. The van der Waals surface area contributed by atoms with E-state index in [-0.39, 0.29) is 11.7 Å². The van der Waals surface area contributed by atoms with Crippen molar-refractivity contribution >= 4 is 5.91 Å². The van der Waals surface area contributed by atoms with Gasteiger partial charge in [-0.15, -0.1) is 0 Å². The molecule has 0 fully saturated rings. The van der Waals surface area contributed by atoms with E-state index >= 15 is 0 Å². The normalized spacial score (nSPS) is 12.6. The van der Waals surface area contributed by atoms with Crippen LogP contribution < -0.4 is 4.74 Å². The fourth-order valence-electron chi connectivity index (χ4n) is 3.43. The number of carbonyl (C=O) groups excluding carboxylic acids is 1. The van der Waals surface area contributed by atoms with Crippen LogP contribution in [0.4, 0.5) is 4.39 Å². The fraction of sp³-hybridized carbons (Fsp3) is 0.167. The predicted molar refractivity (Wildman–Crippen MR) is 108 cm³/mol. The summed E-state index contributed by atoms with van der Waals surface area (Å²) in [6.07, 6.45) is 2.19. The summed E-state index contributed by atoms with van der Waals surface area (Å²) in [6.45, 7) is 0.876. The molecular formula is C24H19FN2O2. The minimum Gasteiger partial charge on any atom is -0.495 e. The average molecular weight is 386 g/mol. The van der Waals surface area contributed by atoms with Crippen LogP contribution in [0, 0.1) is 17.7 Å². The van der Waals surface area contributed by atoms with Crippen LogP contribution in [0.15, 0.2) is 60.8 Å². The summed E-state index contributed by atoms with van der Waals surface area (Å²) in [5.41, 5.74) is 3.34. The maximum absolute atomic E-state index is 13.9. The van der Waals surface area contributed by atoms with E-state index in [2.05, 4.69) is 16.8 Å². The molecule has 0 radical (unpaired) electrons. The number of carbonyl (C=O) groups is 1. The Morgan fingerprint density at radius 1 is 1.14 bits per heavy atom. The zero-order valence-electron chi connectivity index (χ0n) is 16.0. The lowest BCUT2D eigenvalue weighted by Crippen LogP contribution is -2.36. The molecule has 0 N–H and O–H groups in total. The third kappa shape index (κ3) is 3.97. The summed E-state index contributed by atoms with van der Waals surface area (Å²) in [6, 6.07) is 15.7. The number of amides is 1. The van der Waals surface area contributed by atoms with Crippen molar-refractivity contribution in [2.24, 2.45) is 0 Å². The van der Waals surface area contributed by atoms with Gasteiger partial charge in [-0.1, -0.05) is 24.1 Å². The number of aromatic nitrogens is 1. The van der Waals surface area contributed by atoms with Crippen molar-refractivity contribution < 1.29 is 13.9 Å². The molecule has 0 spiro atoms. The lowest BCUT2D eigenvalue weighted by molar-refractivity contribution is 0.0733. The van der Waals surface area contributed by atoms with Crippen molar-refractivity contribution in [2.45, 2.75) is 13.0 Å². The first kappa shape index (κ1) is 18.7. The van der Waals surface area contributed by atoms with Gasteiger partial charge in [-0.25, -0.2) is 9.37 Å². The third-order valence-corrected chi connectivity index (χ3v) is 4.93. The van der Waals surface area contributed by atoms with E-state index in [4.69, 9.17) is 4.74 Å². The van der Waals surface area contributed by atoms with Gasteiger partial charge >= 0.3 is 0 Å². The van der Waals surface area contributed by atoms with Gasteiger partial charge in [-0.2, -0.15) is 0 Å². The Morgan fingerprint density at radius 3 is 2.83 bits per heavy atom. The lowest BCUT2D eigenvalue weighted by atomic mass is 9.98. The molecule has 2 aromatic carbocycles. The number of nitrogens with zero attached hydrogens (tertiary/aromatic N) is 2. The zero-order valence-corrected chi connectivity index (χ0v) is 16.0. The predicted octanol–water partition coefficient (Wildman–Crippen LogP) is 3.83. The standard InChI is InChI=1S/C24H19FN2O2/c1-29-23-11-9-18(15-17(23)8-10-20-6-2-3-13-26-20)24(28)27-14-12-21-19(16-27)5-4-7-22(21)25/h2-7,9,11,13,15H,12,14,16H2,1H3. The van der Waals surface area contributed by atoms with Crippen molar-refractivity contribution in [3.05, 3.63) is 94.6 Å². The molecule has 1 aliphatic rings. The highest BCUT2D eigenvalue weighted by molar-refractivity contribution is 5.95. The summed E-state index contributed by atoms with van der Waals surface area (Å²) >= 11 is 0. The summed E-state index contributed by atoms with van der Waals surface area (Å²) in [5, 5.41) is 0. The number of hydrogen-bond acceptors (Lipinski definition) is 3. The van der Waals surface area contributed by atoms with Crippen molar-refractivity contribution in [3.63, 3.8) is 0 Å². The largest absolute Gasteiger partial charge is 0.495 e. The number of methoxy groups -OCH3 is 1. The lowest BCUT2D eigenvalue weighted by Gasteiger charge is -2.29. The molecular weight excluding hydrogens is 367 g/mol. The van der Waals surface area contributed by atoms with Gasteiger partial charge in [0.05, 0.1) is 12.7 Å². The van der Waals surface area contributed by atoms with Gasteiger partial charge < -0.3 is 9.64 Å². The Hall–Kier alpha value is -3.65. The first-order valence-electron chi connectivity index (χ1n) is 9.32. The third-order valence-electron chi connectivity index (χ3n) is 4.93. The van der Waals surface area contributed by atoms with Crippen LogP contribution in [-0.4, -0.2) is 29.4 Å². The molecule has 0 atom stereocenters. The molecule has 3 aromatic rings. The van der Waals surface area contributed by atoms with E-state index < -0.39 is 0 Å². The molecule has 0 saturated carbocycles. The second kappa shape index (κ2) is 8.15. The van der Waals surface area contributed by atoms with Gasteiger partial charge in [-0.05, 0) is 59.9 Å². The van der Waals surface area contributed by atoms with E-state index in [1.54, 1.807) is 42.5 Å². The maximum atomic E-state index is 13.9. The highest BCUT2D eigenvalue weighted by Crippen LogP contribution is 2.25. The SMILES string of the molecule is COc1ccc(C(=O)N2CCc3c(F)cccc3C2)cc1C#Cc1ccccn1. The van der Waals surface area contributed by atoms with Gasteiger partial charge in [-0.3, -0.25) is 4.79 Å². The molecule has 4 rings (SSSR count). The highest BCUT2D eigenvalue weighted by Gasteiger charge is 2.24. The Morgan fingerprint density at radius 2 is 2.03 bits per heavy atom. The molecule has 2 heterocycles. The number of pyridine rings is 1. The topological polar surface area (TPSA) is 42.4 Å². The van der Waals surface area contributed by atoms with Gasteiger partial charge in [0.15, 0.2) is 0 Å². The van der Waals surface area contributed by atoms with Crippen LogP contribution in [0.1, 0.15) is 32.7 Å². The summed E-state index contributed by atoms with van der Waals surface area (Å²) in [5.74, 6) is 6.32. The van der Waals surface area contributed by atoms with E-state index in [1.807, 2.05) is 24.3 Å². The maximum Gasteiger partial charge on any atom is 0.254 e. The number of fused-ring (bicyclic) bond motifs is 1. The van der Waals surface area contributed by atoms with Gasteiger partial charge in [0.25, 0.3) is 5.91 Å². The quantitative estimate of drug-likeness (QED) is 0.629. The highest BCUT2D eigenvalue weighted by atomic mass is 19.1. The molecule has 1 aliphatic heterocycles. The number of ether oxygens (including phenoxy) is 1. The fourth-order valence-corrected chi connectivity index (χ4v) is 3.43. The summed E-state index contributed by atoms with van der Waals surface area (Å²) < 4.78 is 19.3. The van der Waals surface area contributed by atoms with Crippen LogP contribution in [0.5, 0.6) is 5.75 Å². The Labute approximate surface area is 169 Å². The van der Waals surface area contributed by atoms with Crippen LogP contribution in [0.2, 0.25) is 0 Å². The molecule has 29 heavy (non-hydrogen) atoms. The zero-order chi connectivity index (χ0) is 20.2. The van der Waals surface area contributed by atoms with Crippen LogP contribution in [0.25, 0.3) is 0 Å². The molecule has 0 aliphatic carbocycles. The van der Waals surface area contributed by atoms with Crippen molar-refractivity contribution in [3.8, 4) is 17.6 Å². The van der Waals surface area contributed by atoms with E-state index in [0.717, 1.165) is 5.56 Å². The molecule has 5 heteroatoms. The average Bonchev–Trinajstić information content (AvgIpc) is 2.77. The number of benzene rings is 2. The number of rotatable bonds is 2. The van der Waals surface area contributed by atoms with Gasteiger partial charge in [0.2, 0.25) is 0 Å². The Kier molecular flexibility index (Phi) is 5.26. The number of hydrogen-bond donors (Lipinski definition) is 0. The minimum absolute atomic E-state index is 0.108. The van der Waals surface area contributed by atoms with Crippen LogP contribution in [-0.2, 0) is 13.0 Å². The number of halogens is 1. The van der Waals surface area contributed by atoms with Gasteiger partial charge in [0, 0.05) is 24.8 Å². The van der Waals surface area contributed by atoms with Gasteiger partial charge in [0.1, 0.15) is 17.3 Å². The second-order valence-electron chi connectivity index (χ2n) is 6.73. The second-order valence-corrected chi connectivity index (χ2v) is 6.73. The monoisotopic (exact) mass is 386 g/mol. The van der Waals surface area contributed by atoms with Crippen molar-refractivity contribution in [1.29, 1.82) is 0 Å². The molecule has 1 aromatic heterocycles. The van der Waals surface area contributed by atoms with Crippen molar-refractivity contribution in [1.82, 2.24) is 9.88 Å². The molecule has 0 bridgehead atoms.